The van der Waals surface area contributed by atoms with Crippen LogP contribution in [0.1, 0.15) is 0 Å². The zero-order valence-corrected chi connectivity index (χ0v) is 7.96. The van der Waals surface area contributed by atoms with E-state index in [1.807, 2.05) is 0 Å². The lowest BCUT2D eigenvalue weighted by Crippen LogP contribution is -2.43. The summed E-state index contributed by atoms with van der Waals surface area (Å²) in [6.07, 6.45) is 0. The number of nitrogens with one attached hydrogen (secondary N) is 1. The first-order valence-corrected chi connectivity index (χ1v) is 4.39. The Hall–Kier alpha value is 0.0700. The molecule has 0 amide bonds. The highest BCUT2D eigenvalue weighted by molar-refractivity contribution is 7.99. The van der Waals surface area contributed by atoms with Crippen molar-refractivity contribution in [3.8, 4) is 0 Å². The van der Waals surface area contributed by atoms with Gasteiger partial charge in [0.15, 0.2) is 0 Å². The number of methoxy groups -OCH3 is 1. The lowest BCUT2D eigenvalue weighted by atomic mass is 10.3. The number of carbonyl (C=O) groups excluding carboxylic acids is 1. The molecular weight excluding hydrogens is 186 g/mol. The molecule has 0 bridgehead atoms. The van der Waals surface area contributed by atoms with Gasteiger partial charge in [-0.1, -0.05) is 0 Å². The number of halogens is 1. The fourth-order valence-corrected chi connectivity index (χ4v) is 1.78. The van der Waals surface area contributed by atoms with E-state index in [2.05, 4.69) is 10.1 Å². The quantitative estimate of drug-likeness (QED) is 0.614. The molecule has 1 heterocycles. The maximum atomic E-state index is 10.9. The molecule has 1 aliphatic rings. The number of hydrogen-bond acceptors (Lipinski definition) is 4. The molecule has 0 spiro atoms. The second kappa shape index (κ2) is 5.69. The fraction of sp³-hybridized carbons (Fsp3) is 0.833. The number of hydrogen-bond donors (Lipinski definition) is 1. The number of rotatable bonds is 1. The number of thioether (sulfide) groups is 1. The van der Waals surface area contributed by atoms with Crippen LogP contribution in [-0.2, 0) is 9.53 Å². The Balaban J connectivity index is 0.000001000. The number of esters is 1. The maximum Gasteiger partial charge on any atom is 0.323 e. The molecule has 0 aromatic heterocycles. The highest BCUT2D eigenvalue weighted by atomic mass is 35.5. The van der Waals surface area contributed by atoms with E-state index in [4.69, 9.17) is 0 Å². The van der Waals surface area contributed by atoms with E-state index >= 15 is 0 Å². The summed E-state index contributed by atoms with van der Waals surface area (Å²) in [5.41, 5.74) is 0. The average molecular weight is 198 g/mol. The summed E-state index contributed by atoms with van der Waals surface area (Å²) in [6, 6.07) is -0.0799. The van der Waals surface area contributed by atoms with Crippen molar-refractivity contribution >= 4 is 30.1 Å². The van der Waals surface area contributed by atoms with Crippen LogP contribution in [0.5, 0.6) is 0 Å². The Bertz CT molecular complexity index is 128. The van der Waals surface area contributed by atoms with Crippen LogP contribution in [0.2, 0.25) is 0 Å². The summed E-state index contributed by atoms with van der Waals surface area (Å²) in [4.78, 5) is 10.9. The predicted molar refractivity (Wildman–Crippen MR) is 48.4 cm³/mol. The van der Waals surface area contributed by atoms with E-state index in [-0.39, 0.29) is 24.4 Å². The Morgan fingerprint density at radius 2 is 2.45 bits per heavy atom. The summed E-state index contributed by atoms with van der Waals surface area (Å²) in [6.45, 7) is 0.907. The summed E-state index contributed by atoms with van der Waals surface area (Å²) in [5, 5.41) is 3.07. The standard InChI is InChI=1S/C6H11NO2S.ClH/c1-9-6(8)5-4-10-3-2-7-5;/h5,7H,2-4H2,1H3;1H. The van der Waals surface area contributed by atoms with Gasteiger partial charge in [0.25, 0.3) is 0 Å². The van der Waals surface area contributed by atoms with Crippen LogP contribution in [0.3, 0.4) is 0 Å². The Kier molecular flexibility index (Phi) is 5.72. The SMILES string of the molecule is COC(=O)C1CSCCN1.Cl. The average Bonchev–Trinajstić information content (AvgIpc) is 2.05. The minimum Gasteiger partial charge on any atom is -0.468 e. The normalized spacial score (nSPS) is 23.5. The molecule has 5 heteroatoms. The molecule has 1 unspecified atom stereocenters. The Labute approximate surface area is 76.7 Å². The molecule has 1 atom stereocenters. The van der Waals surface area contributed by atoms with Crippen LogP contribution in [0.25, 0.3) is 0 Å². The molecule has 1 fully saturated rings. The molecular formula is C6H12ClNO2S. The van der Waals surface area contributed by atoms with Gasteiger partial charge in [0.1, 0.15) is 6.04 Å². The highest BCUT2D eigenvalue weighted by Crippen LogP contribution is 2.07. The molecule has 11 heavy (non-hydrogen) atoms. The van der Waals surface area contributed by atoms with Gasteiger partial charge in [0, 0.05) is 18.1 Å². The fourth-order valence-electron chi connectivity index (χ4n) is 0.859. The molecule has 0 aromatic carbocycles. The molecule has 1 rings (SSSR count). The summed E-state index contributed by atoms with van der Waals surface area (Å²) < 4.78 is 4.57. The first-order valence-electron chi connectivity index (χ1n) is 3.23. The second-order valence-electron chi connectivity index (χ2n) is 2.10. The van der Waals surface area contributed by atoms with Crippen molar-refractivity contribution in [2.24, 2.45) is 0 Å². The largest absolute Gasteiger partial charge is 0.468 e. The third-order valence-corrected chi connectivity index (χ3v) is 2.47. The van der Waals surface area contributed by atoms with Gasteiger partial charge in [-0.3, -0.25) is 4.79 Å². The lowest BCUT2D eigenvalue weighted by molar-refractivity contribution is -0.142. The van der Waals surface area contributed by atoms with Gasteiger partial charge in [0.05, 0.1) is 7.11 Å². The van der Waals surface area contributed by atoms with Gasteiger partial charge in [0.2, 0.25) is 0 Å². The number of carbonyl (C=O) groups is 1. The third-order valence-electron chi connectivity index (χ3n) is 1.41. The van der Waals surface area contributed by atoms with E-state index in [0.29, 0.717) is 0 Å². The maximum absolute atomic E-state index is 10.9. The van der Waals surface area contributed by atoms with Crippen LogP contribution in [0.4, 0.5) is 0 Å². The van der Waals surface area contributed by atoms with Crippen molar-refractivity contribution in [3.63, 3.8) is 0 Å². The van der Waals surface area contributed by atoms with Gasteiger partial charge in [-0.05, 0) is 0 Å². The zero-order chi connectivity index (χ0) is 7.40. The van der Waals surface area contributed by atoms with Crippen LogP contribution >= 0.6 is 24.2 Å². The highest BCUT2D eigenvalue weighted by Gasteiger charge is 2.20. The van der Waals surface area contributed by atoms with Gasteiger partial charge in [-0.2, -0.15) is 11.8 Å². The van der Waals surface area contributed by atoms with Gasteiger partial charge in [-0.25, -0.2) is 0 Å². The minimum absolute atomic E-state index is 0. The predicted octanol–water partition coefficient (Wildman–Crippen LogP) is 0.286. The van der Waals surface area contributed by atoms with Crippen molar-refractivity contribution < 1.29 is 9.53 Å². The van der Waals surface area contributed by atoms with Crippen molar-refractivity contribution in [1.82, 2.24) is 5.32 Å². The van der Waals surface area contributed by atoms with Gasteiger partial charge >= 0.3 is 5.97 Å². The zero-order valence-electron chi connectivity index (χ0n) is 6.33. The minimum atomic E-state index is -0.146. The monoisotopic (exact) mass is 197 g/mol. The van der Waals surface area contributed by atoms with Crippen molar-refractivity contribution in [2.75, 3.05) is 25.2 Å². The molecule has 66 valence electrons. The topological polar surface area (TPSA) is 38.3 Å². The van der Waals surface area contributed by atoms with Crippen molar-refractivity contribution in [3.05, 3.63) is 0 Å². The van der Waals surface area contributed by atoms with Gasteiger partial charge in [-0.15, -0.1) is 12.4 Å². The summed E-state index contributed by atoms with van der Waals surface area (Å²) in [7, 11) is 1.42. The molecule has 0 saturated carbocycles. The smallest absolute Gasteiger partial charge is 0.323 e. The summed E-state index contributed by atoms with van der Waals surface area (Å²) in [5.74, 6) is 1.78. The first-order chi connectivity index (χ1) is 4.84. The molecule has 0 aliphatic carbocycles. The molecule has 0 aromatic rings. The Morgan fingerprint density at radius 3 is 2.91 bits per heavy atom. The molecule has 0 radical (unpaired) electrons. The van der Waals surface area contributed by atoms with Crippen LogP contribution in [-0.4, -0.2) is 37.2 Å². The second-order valence-corrected chi connectivity index (χ2v) is 3.25. The van der Waals surface area contributed by atoms with Crippen molar-refractivity contribution in [1.29, 1.82) is 0 Å². The Morgan fingerprint density at radius 1 is 1.73 bits per heavy atom. The number of ether oxygens (including phenoxy) is 1. The third kappa shape index (κ3) is 3.31. The van der Waals surface area contributed by atoms with Gasteiger partial charge < -0.3 is 10.1 Å². The molecule has 1 aliphatic heterocycles. The van der Waals surface area contributed by atoms with Crippen LogP contribution < -0.4 is 5.32 Å². The van der Waals surface area contributed by atoms with E-state index in [1.54, 1.807) is 11.8 Å². The van der Waals surface area contributed by atoms with E-state index < -0.39 is 0 Å². The molecule has 1 saturated heterocycles. The first kappa shape index (κ1) is 11.1. The van der Waals surface area contributed by atoms with E-state index in [1.165, 1.54) is 7.11 Å². The van der Waals surface area contributed by atoms with Crippen molar-refractivity contribution in [2.45, 2.75) is 6.04 Å². The summed E-state index contributed by atoms with van der Waals surface area (Å²) >= 11 is 1.78. The lowest BCUT2D eigenvalue weighted by Gasteiger charge is -2.20. The van der Waals surface area contributed by atoms with Crippen LogP contribution in [0.15, 0.2) is 0 Å². The van der Waals surface area contributed by atoms with E-state index in [9.17, 15) is 4.79 Å². The van der Waals surface area contributed by atoms with E-state index in [0.717, 1.165) is 18.1 Å². The molecule has 3 nitrogen and oxygen atoms in total. The van der Waals surface area contributed by atoms with Crippen LogP contribution in [0, 0.1) is 0 Å². The molecule has 1 N–H and O–H groups in total.